The third-order valence-corrected chi connectivity index (χ3v) is 6.50. The number of anilines is 1. The Morgan fingerprint density at radius 1 is 0.975 bits per heavy atom. The molecule has 214 valence electrons. The van der Waals surface area contributed by atoms with E-state index in [0.717, 1.165) is 23.6 Å². The Bertz CT molecular complexity index is 1350. The van der Waals surface area contributed by atoms with Crippen molar-refractivity contribution >= 4 is 34.4 Å². The summed E-state index contributed by atoms with van der Waals surface area (Å²) in [6, 6.07) is 16.5. The largest absolute Gasteiger partial charge is 0.508 e. The zero-order valence-corrected chi connectivity index (χ0v) is 24.3. The third kappa shape index (κ3) is 8.21. The van der Waals surface area contributed by atoms with Crippen LogP contribution in [0, 0.1) is 6.92 Å². The molecule has 3 aromatic carbocycles. The fourth-order valence-corrected chi connectivity index (χ4v) is 4.49. The van der Waals surface area contributed by atoms with Gasteiger partial charge in [-0.25, -0.2) is 4.79 Å². The molecule has 0 aromatic heterocycles. The van der Waals surface area contributed by atoms with Gasteiger partial charge in [-0.15, -0.1) is 0 Å². The zero-order valence-electron chi connectivity index (χ0n) is 24.3. The van der Waals surface area contributed by atoms with Crippen LogP contribution in [0.25, 0.3) is 10.8 Å². The first-order valence-electron chi connectivity index (χ1n) is 13.8. The molecule has 0 bridgehead atoms. The molecule has 0 radical (unpaired) electrons. The minimum atomic E-state index is -1.00. The summed E-state index contributed by atoms with van der Waals surface area (Å²) in [6.45, 7) is 10.9. The van der Waals surface area contributed by atoms with E-state index in [0.29, 0.717) is 29.8 Å². The molecular formula is C32H41N3O5. The molecule has 3 amide bonds. The molecule has 0 heterocycles. The predicted octanol–water partition coefficient (Wildman–Crippen LogP) is 6.47. The summed E-state index contributed by atoms with van der Waals surface area (Å²) in [6.07, 6.45) is 1.77. The van der Waals surface area contributed by atoms with Crippen molar-refractivity contribution in [1.29, 1.82) is 0 Å². The summed E-state index contributed by atoms with van der Waals surface area (Å²) >= 11 is 0. The molecule has 2 atom stereocenters. The lowest BCUT2D eigenvalue weighted by atomic mass is 9.99. The SMILES string of the molecule is CCCCCN(C(=O)C(C)NC(=O)OC(C)(C)C)C(C(=O)Nc1ccc2ccccc2c1)c1ccc(O)c(C)c1. The van der Waals surface area contributed by atoms with Gasteiger partial charge in [0.2, 0.25) is 5.91 Å². The summed E-state index contributed by atoms with van der Waals surface area (Å²) in [5, 5.41) is 17.8. The summed E-state index contributed by atoms with van der Waals surface area (Å²) in [7, 11) is 0. The Kier molecular flexibility index (Phi) is 10.2. The molecule has 2 unspecified atom stereocenters. The molecule has 0 fully saturated rings. The highest BCUT2D eigenvalue weighted by atomic mass is 16.6. The number of alkyl carbamates (subject to hydrolysis) is 1. The summed E-state index contributed by atoms with van der Waals surface area (Å²) < 4.78 is 5.34. The van der Waals surface area contributed by atoms with Gasteiger partial charge in [-0.2, -0.15) is 0 Å². The second-order valence-corrected chi connectivity index (χ2v) is 11.1. The fraction of sp³-hybridized carbons (Fsp3) is 0.406. The van der Waals surface area contributed by atoms with E-state index < -0.39 is 35.6 Å². The summed E-state index contributed by atoms with van der Waals surface area (Å²) in [5.74, 6) is -0.706. The number of fused-ring (bicyclic) bond motifs is 1. The van der Waals surface area contributed by atoms with E-state index in [1.807, 2.05) is 42.5 Å². The van der Waals surface area contributed by atoms with Crippen molar-refractivity contribution in [2.75, 3.05) is 11.9 Å². The van der Waals surface area contributed by atoms with Gasteiger partial charge in [-0.05, 0) is 87.2 Å². The Labute approximate surface area is 236 Å². The standard InChI is InChI=1S/C32H41N3O5/c1-7-8-11-18-35(30(38)22(3)33-31(39)40-32(4,5)6)28(25-15-17-27(36)21(2)19-25)29(37)34-26-16-14-23-12-9-10-13-24(23)20-26/h9-10,12-17,19-20,22,28,36H,7-8,11,18H2,1-6H3,(H,33,39)(H,34,37). The molecular weight excluding hydrogens is 506 g/mol. The van der Waals surface area contributed by atoms with Crippen LogP contribution in [0.15, 0.2) is 60.7 Å². The first kappa shape index (κ1) is 30.5. The van der Waals surface area contributed by atoms with Crippen molar-refractivity contribution in [3.8, 4) is 5.75 Å². The number of carbonyl (C=O) groups is 3. The first-order valence-corrected chi connectivity index (χ1v) is 13.8. The molecule has 0 saturated carbocycles. The van der Waals surface area contributed by atoms with Gasteiger partial charge in [0.15, 0.2) is 0 Å². The topological polar surface area (TPSA) is 108 Å². The van der Waals surface area contributed by atoms with Crippen LogP contribution in [0.2, 0.25) is 0 Å². The quantitative estimate of drug-likeness (QED) is 0.252. The average molecular weight is 548 g/mol. The lowest BCUT2D eigenvalue weighted by Crippen LogP contribution is -2.51. The number of aromatic hydroxyl groups is 1. The van der Waals surface area contributed by atoms with Gasteiger partial charge in [0.1, 0.15) is 23.4 Å². The lowest BCUT2D eigenvalue weighted by molar-refractivity contribution is -0.140. The third-order valence-electron chi connectivity index (χ3n) is 6.50. The highest BCUT2D eigenvalue weighted by molar-refractivity contribution is 6.00. The minimum absolute atomic E-state index is 0.0984. The van der Waals surface area contributed by atoms with Crippen LogP contribution in [-0.2, 0) is 14.3 Å². The van der Waals surface area contributed by atoms with Gasteiger partial charge in [0.25, 0.3) is 5.91 Å². The average Bonchev–Trinajstić information content (AvgIpc) is 2.88. The highest BCUT2D eigenvalue weighted by Gasteiger charge is 2.35. The maximum atomic E-state index is 14.0. The lowest BCUT2D eigenvalue weighted by Gasteiger charge is -2.34. The molecule has 40 heavy (non-hydrogen) atoms. The summed E-state index contributed by atoms with van der Waals surface area (Å²) in [4.78, 5) is 41.8. The molecule has 8 heteroatoms. The molecule has 8 nitrogen and oxygen atoms in total. The number of amides is 3. The van der Waals surface area contributed by atoms with Crippen molar-refractivity contribution in [1.82, 2.24) is 10.2 Å². The van der Waals surface area contributed by atoms with E-state index in [1.165, 1.54) is 11.0 Å². The number of phenols is 1. The molecule has 0 aliphatic carbocycles. The molecule has 3 rings (SSSR count). The van der Waals surface area contributed by atoms with Crippen LogP contribution >= 0.6 is 0 Å². The Hall–Kier alpha value is -4.07. The van der Waals surface area contributed by atoms with Gasteiger partial charge < -0.3 is 25.4 Å². The van der Waals surface area contributed by atoms with E-state index in [2.05, 4.69) is 17.6 Å². The number of ether oxygens (including phenoxy) is 1. The van der Waals surface area contributed by atoms with Gasteiger partial charge >= 0.3 is 6.09 Å². The maximum Gasteiger partial charge on any atom is 0.408 e. The number of nitrogens with one attached hydrogen (secondary N) is 2. The fourth-order valence-electron chi connectivity index (χ4n) is 4.49. The molecule has 3 N–H and O–H groups in total. The minimum Gasteiger partial charge on any atom is -0.508 e. The Morgan fingerprint density at radius 2 is 1.68 bits per heavy atom. The van der Waals surface area contributed by atoms with Crippen molar-refractivity contribution in [3.63, 3.8) is 0 Å². The molecule has 0 aliphatic rings. The Morgan fingerprint density at radius 3 is 2.33 bits per heavy atom. The van der Waals surface area contributed by atoms with Crippen LogP contribution < -0.4 is 10.6 Å². The maximum absolute atomic E-state index is 14.0. The number of rotatable bonds is 10. The number of phenolic OH excluding ortho intramolecular Hbond substituents is 1. The number of hydrogen-bond acceptors (Lipinski definition) is 5. The highest BCUT2D eigenvalue weighted by Crippen LogP contribution is 2.29. The number of nitrogens with zero attached hydrogens (tertiary/aromatic N) is 1. The second-order valence-electron chi connectivity index (χ2n) is 11.1. The zero-order chi connectivity index (χ0) is 29.4. The molecule has 0 aliphatic heterocycles. The van der Waals surface area contributed by atoms with Crippen molar-refractivity contribution < 1.29 is 24.2 Å². The van der Waals surface area contributed by atoms with Gasteiger partial charge in [-0.3, -0.25) is 9.59 Å². The van der Waals surface area contributed by atoms with Crippen LogP contribution in [0.4, 0.5) is 10.5 Å². The number of benzene rings is 3. The van der Waals surface area contributed by atoms with Crippen LogP contribution in [0.5, 0.6) is 5.75 Å². The smallest absolute Gasteiger partial charge is 0.408 e. The van der Waals surface area contributed by atoms with Gasteiger partial charge in [-0.1, -0.05) is 56.2 Å². The Balaban J connectivity index is 1.98. The van der Waals surface area contributed by atoms with Crippen LogP contribution in [-0.4, -0.2) is 46.1 Å². The normalized spacial score (nSPS) is 12.8. The van der Waals surface area contributed by atoms with Gasteiger partial charge in [0, 0.05) is 12.2 Å². The van der Waals surface area contributed by atoms with Crippen molar-refractivity contribution in [2.45, 2.75) is 78.5 Å². The van der Waals surface area contributed by atoms with Gasteiger partial charge in [0.05, 0.1) is 0 Å². The van der Waals surface area contributed by atoms with E-state index in [-0.39, 0.29) is 5.75 Å². The number of aryl methyl sites for hydroxylation is 1. The summed E-state index contributed by atoms with van der Waals surface area (Å²) in [5.41, 5.74) is 1.02. The van der Waals surface area contributed by atoms with Crippen molar-refractivity contribution in [2.24, 2.45) is 0 Å². The predicted molar refractivity (Wildman–Crippen MR) is 158 cm³/mol. The first-order chi connectivity index (χ1) is 18.9. The van der Waals surface area contributed by atoms with E-state index in [9.17, 15) is 19.5 Å². The van der Waals surface area contributed by atoms with E-state index in [1.54, 1.807) is 46.8 Å². The van der Waals surface area contributed by atoms with Crippen molar-refractivity contribution in [3.05, 3.63) is 71.8 Å². The second kappa shape index (κ2) is 13.3. The number of hydrogen-bond donors (Lipinski definition) is 3. The van der Waals surface area contributed by atoms with E-state index in [4.69, 9.17) is 4.74 Å². The number of unbranched alkanes of at least 4 members (excludes halogenated alkanes) is 2. The monoisotopic (exact) mass is 547 g/mol. The van der Waals surface area contributed by atoms with E-state index >= 15 is 0 Å². The van der Waals surface area contributed by atoms with Crippen LogP contribution in [0.3, 0.4) is 0 Å². The molecule has 0 saturated heterocycles. The van der Waals surface area contributed by atoms with Crippen LogP contribution in [0.1, 0.15) is 71.0 Å². The molecule has 3 aromatic rings. The molecule has 0 spiro atoms. The number of carbonyl (C=O) groups excluding carboxylic acids is 3.